The number of anilines is 1. The number of nitrogens with zero attached hydrogens (tertiary/aromatic N) is 4. The lowest BCUT2D eigenvalue weighted by molar-refractivity contribution is 0.0747. The van der Waals surface area contributed by atoms with Crippen molar-refractivity contribution in [1.29, 1.82) is 5.26 Å². The van der Waals surface area contributed by atoms with E-state index in [2.05, 4.69) is 11.0 Å². The van der Waals surface area contributed by atoms with Gasteiger partial charge in [-0.2, -0.15) is 16.6 Å². The van der Waals surface area contributed by atoms with E-state index in [1.54, 1.807) is 7.05 Å². The maximum absolute atomic E-state index is 12.7. The van der Waals surface area contributed by atoms with Crippen molar-refractivity contribution in [3.8, 4) is 6.07 Å². The summed E-state index contributed by atoms with van der Waals surface area (Å²) >= 11 is 1.51. The number of amides is 1. The number of carbonyl (C=O) groups excluding carboxylic acids is 1. The minimum atomic E-state index is -0.289. The second kappa shape index (κ2) is 7.84. The molecular formula is C20H21N5O2S. The topological polar surface area (TPSA) is 104 Å². The van der Waals surface area contributed by atoms with Gasteiger partial charge in [0.15, 0.2) is 0 Å². The summed E-state index contributed by atoms with van der Waals surface area (Å²) < 4.78 is 1.52. The number of hydrogen-bond acceptors (Lipinski definition) is 6. The number of pyridine rings is 1. The lowest BCUT2D eigenvalue weighted by Crippen LogP contribution is -2.49. The number of nitriles is 1. The highest BCUT2D eigenvalue weighted by Gasteiger charge is 2.26. The van der Waals surface area contributed by atoms with Crippen LogP contribution in [-0.2, 0) is 7.05 Å². The van der Waals surface area contributed by atoms with Crippen molar-refractivity contribution in [2.45, 2.75) is 0 Å². The molecule has 0 unspecified atom stereocenters. The van der Waals surface area contributed by atoms with Crippen LogP contribution < -0.4 is 16.6 Å². The van der Waals surface area contributed by atoms with Gasteiger partial charge < -0.3 is 20.5 Å². The zero-order valence-electron chi connectivity index (χ0n) is 15.6. The van der Waals surface area contributed by atoms with Gasteiger partial charge in [-0.25, -0.2) is 0 Å². The Morgan fingerprint density at radius 2 is 1.86 bits per heavy atom. The quantitative estimate of drug-likeness (QED) is 0.718. The molecule has 0 radical (unpaired) electrons. The summed E-state index contributed by atoms with van der Waals surface area (Å²) in [6.45, 7) is 2.29. The monoisotopic (exact) mass is 395 g/mol. The van der Waals surface area contributed by atoms with E-state index in [0.29, 0.717) is 37.4 Å². The SMILES string of the molecule is Cn1c(=O)c(C#N)c(N2CCN(C(=O)c3ccsc3)CC2)c2ccccc21.N. The fraction of sp³-hybridized carbons (Fsp3) is 0.250. The maximum Gasteiger partial charge on any atom is 0.270 e. The molecule has 3 aromatic rings. The molecule has 8 heteroatoms. The number of benzene rings is 1. The summed E-state index contributed by atoms with van der Waals surface area (Å²) in [6.07, 6.45) is 0. The van der Waals surface area contributed by atoms with Crippen molar-refractivity contribution in [3.63, 3.8) is 0 Å². The predicted molar refractivity (Wildman–Crippen MR) is 111 cm³/mol. The van der Waals surface area contributed by atoms with Crippen LogP contribution in [0.25, 0.3) is 10.9 Å². The minimum Gasteiger partial charge on any atom is -0.366 e. The van der Waals surface area contributed by atoms with Crippen molar-refractivity contribution in [1.82, 2.24) is 15.6 Å². The van der Waals surface area contributed by atoms with Gasteiger partial charge in [0.05, 0.1) is 16.8 Å². The fourth-order valence-corrected chi connectivity index (χ4v) is 4.24. The van der Waals surface area contributed by atoms with Crippen molar-refractivity contribution >= 4 is 33.8 Å². The summed E-state index contributed by atoms with van der Waals surface area (Å²) in [5, 5.41) is 14.3. The molecule has 7 nitrogen and oxygen atoms in total. The van der Waals surface area contributed by atoms with Crippen molar-refractivity contribution in [2.24, 2.45) is 7.05 Å². The summed E-state index contributed by atoms with van der Waals surface area (Å²) in [6, 6.07) is 11.6. The average molecular weight is 395 g/mol. The zero-order valence-corrected chi connectivity index (χ0v) is 16.4. The Labute approximate surface area is 166 Å². The van der Waals surface area contributed by atoms with Crippen LogP contribution in [0.4, 0.5) is 5.69 Å². The van der Waals surface area contributed by atoms with E-state index < -0.39 is 0 Å². The molecule has 3 N–H and O–H groups in total. The van der Waals surface area contributed by atoms with Gasteiger partial charge in [-0.15, -0.1) is 0 Å². The first-order valence-electron chi connectivity index (χ1n) is 8.70. The summed E-state index contributed by atoms with van der Waals surface area (Å²) in [4.78, 5) is 29.1. The van der Waals surface area contributed by atoms with Crippen molar-refractivity contribution in [3.05, 3.63) is 62.6 Å². The van der Waals surface area contributed by atoms with Gasteiger partial charge in [0.2, 0.25) is 0 Å². The number of aryl methyl sites for hydroxylation is 1. The molecule has 1 fully saturated rings. The normalized spacial score (nSPS) is 13.9. The molecule has 4 rings (SSSR count). The largest absolute Gasteiger partial charge is 0.366 e. The Balaban J connectivity index is 0.00000225. The number of carbonyl (C=O) groups is 1. The van der Waals surface area contributed by atoms with E-state index in [9.17, 15) is 14.9 Å². The van der Waals surface area contributed by atoms with Crippen LogP contribution in [-0.4, -0.2) is 41.6 Å². The molecule has 0 saturated carbocycles. The van der Waals surface area contributed by atoms with E-state index in [4.69, 9.17) is 0 Å². The number of aromatic nitrogens is 1. The molecule has 1 aliphatic rings. The molecule has 2 aromatic heterocycles. The van der Waals surface area contributed by atoms with E-state index in [1.807, 2.05) is 46.0 Å². The molecule has 1 aliphatic heterocycles. The summed E-state index contributed by atoms with van der Waals surface area (Å²) in [7, 11) is 1.69. The predicted octanol–water partition coefficient (Wildman–Crippen LogP) is 2.60. The van der Waals surface area contributed by atoms with Gasteiger partial charge in [-0.05, 0) is 17.5 Å². The second-order valence-electron chi connectivity index (χ2n) is 6.51. The average Bonchev–Trinajstić information content (AvgIpc) is 3.25. The third kappa shape index (κ3) is 3.15. The van der Waals surface area contributed by atoms with Gasteiger partial charge in [0, 0.05) is 44.0 Å². The van der Waals surface area contributed by atoms with Gasteiger partial charge in [-0.1, -0.05) is 18.2 Å². The zero-order chi connectivity index (χ0) is 19.0. The van der Waals surface area contributed by atoms with Crippen LogP contribution in [0.3, 0.4) is 0 Å². The van der Waals surface area contributed by atoms with Gasteiger partial charge in [-0.3, -0.25) is 9.59 Å². The summed E-state index contributed by atoms with van der Waals surface area (Å²) in [5.41, 5.74) is 2.06. The van der Waals surface area contributed by atoms with E-state index >= 15 is 0 Å². The number of fused-ring (bicyclic) bond motifs is 1. The molecule has 3 heterocycles. The Morgan fingerprint density at radius 3 is 2.50 bits per heavy atom. The number of rotatable bonds is 2. The number of para-hydroxylation sites is 1. The highest BCUT2D eigenvalue weighted by molar-refractivity contribution is 7.08. The molecule has 28 heavy (non-hydrogen) atoms. The van der Waals surface area contributed by atoms with Crippen LogP contribution >= 0.6 is 11.3 Å². The Morgan fingerprint density at radius 1 is 1.14 bits per heavy atom. The minimum absolute atomic E-state index is 0. The van der Waals surface area contributed by atoms with Crippen molar-refractivity contribution < 1.29 is 4.79 Å². The Kier molecular flexibility index (Phi) is 5.49. The third-order valence-electron chi connectivity index (χ3n) is 5.04. The van der Waals surface area contributed by atoms with Gasteiger partial charge >= 0.3 is 0 Å². The molecule has 0 atom stereocenters. The molecule has 0 aliphatic carbocycles. The molecule has 1 saturated heterocycles. The molecule has 144 valence electrons. The lowest BCUT2D eigenvalue weighted by Gasteiger charge is -2.37. The number of hydrogen-bond donors (Lipinski definition) is 1. The molecule has 0 spiro atoms. The molecule has 0 bridgehead atoms. The summed E-state index contributed by atoms with van der Waals surface area (Å²) in [5.74, 6) is 0.0326. The third-order valence-corrected chi connectivity index (χ3v) is 5.72. The molecular weight excluding hydrogens is 374 g/mol. The number of piperazine rings is 1. The smallest absolute Gasteiger partial charge is 0.270 e. The molecule has 1 amide bonds. The van der Waals surface area contributed by atoms with Crippen LogP contribution in [0.15, 0.2) is 45.9 Å². The highest BCUT2D eigenvalue weighted by atomic mass is 32.1. The van der Waals surface area contributed by atoms with Crippen LogP contribution in [0.5, 0.6) is 0 Å². The van der Waals surface area contributed by atoms with Crippen LogP contribution in [0, 0.1) is 11.3 Å². The van der Waals surface area contributed by atoms with Crippen LogP contribution in [0.1, 0.15) is 15.9 Å². The van der Waals surface area contributed by atoms with Gasteiger partial charge in [0.25, 0.3) is 11.5 Å². The van der Waals surface area contributed by atoms with E-state index in [-0.39, 0.29) is 23.2 Å². The van der Waals surface area contributed by atoms with Crippen molar-refractivity contribution in [2.75, 3.05) is 31.1 Å². The van der Waals surface area contributed by atoms with E-state index in [0.717, 1.165) is 10.9 Å². The van der Waals surface area contributed by atoms with Gasteiger partial charge in [0.1, 0.15) is 11.6 Å². The highest BCUT2D eigenvalue weighted by Crippen LogP contribution is 2.29. The first kappa shape index (κ1) is 19.6. The number of thiophene rings is 1. The first-order chi connectivity index (χ1) is 13.1. The standard InChI is InChI=1S/C20H18N4O2S.H3N/c1-22-17-5-3-2-4-15(17)18(16(12-21)20(22)26)23-7-9-24(10-8-23)19(25)14-6-11-27-13-14;/h2-6,11,13H,7-10H2,1H3;1H3. The fourth-order valence-electron chi connectivity index (χ4n) is 3.61. The van der Waals surface area contributed by atoms with E-state index in [1.165, 1.54) is 15.9 Å². The Hall–Kier alpha value is -3.15. The first-order valence-corrected chi connectivity index (χ1v) is 9.64. The second-order valence-corrected chi connectivity index (χ2v) is 7.29. The maximum atomic E-state index is 12.7. The Bertz CT molecular complexity index is 1110. The van der Waals surface area contributed by atoms with Crippen LogP contribution in [0.2, 0.25) is 0 Å². The lowest BCUT2D eigenvalue weighted by atomic mass is 10.1. The molecule has 1 aromatic carbocycles.